The lowest BCUT2D eigenvalue weighted by atomic mass is 10.2. The van der Waals surface area contributed by atoms with E-state index < -0.39 is 0 Å². The molecule has 144 valence electrons. The van der Waals surface area contributed by atoms with Gasteiger partial charge in [-0.05, 0) is 73.9 Å². The van der Waals surface area contributed by atoms with Crippen molar-refractivity contribution in [1.82, 2.24) is 9.88 Å². The van der Waals surface area contributed by atoms with Gasteiger partial charge in [0.05, 0.1) is 15.3 Å². The first-order valence-corrected chi connectivity index (χ1v) is 10.5. The number of para-hydroxylation sites is 1. The number of amides is 1. The molecule has 1 aromatic heterocycles. The first-order chi connectivity index (χ1) is 12.5. The maximum absolute atomic E-state index is 13.2. The first-order valence-electron chi connectivity index (χ1n) is 8.23. The van der Waals surface area contributed by atoms with Crippen LogP contribution in [0.3, 0.4) is 0 Å². The van der Waals surface area contributed by atoms with Crippen molar-refractivity contribution in [3.05, 3.63) is 56.6 Å². The minimum atomic E-state index is -0.0241. The van der Waals surface area contributed by atoms with E-state index in [4.69, 9.17) is 11.6 Å². The summed E-state index contributed by atoms with van der Waals surface area (Å²) >= 11 is 9.98. The molecule has 0 atom stereocenters. The van der Waals surface area contributed by atoms with Gasteiger partial charge in [0.15, 0.2) is 5.13 Å². The lowest BCUT2D eigenvalue weighted by molar-refractivity contribution is 0.0985. The number of hydrogen-bond acceptors (Lipinski definition) is 4. The molecule has 4 nitrogen and oxygen atoms in total. The fourth-order valence-corrected chi connectivity index (χ4v) is 4.54. The highest BCUT2D eigenvalue weighted by atomic mass is 127. The van der Waals surface area contributed by atoms with Crippen molar-refractivity contribution in [2.45, 2.75) is 6.42 Å². The molecule has 0 radical (unpaired) electrons. The summed E-state index contributed by atoms with van der Waals surface area (Å²) < 4.78 is 1.92. The Labute approximate surface area is 188 Å². The Kier molecular flexibility index (Phi) is 8.30. The number of thiazole rings is 1. The van der Waals surface area contributed by atoms with Gasteiger partial charge in [-0.2, -0.15) is 0 Å². The van der Waals surface area contributed by atoms with Crippen LogP contribution in [0.4, 0.5) is 5.13 Å². The number of hydrogen-bond donors (Lipinski definition) is 0. The van der Waals surface area contributed by atoms with Crippen LogP contribution in [0.5, 0.6) is 0 Å². The van der Waals surface area contributed by atoms with Crippen molar-refractivity contribution in [2.75, 3.05) is 32.1 Å². The zero-order valence-corrected chi connectivity index (χ0v) is 19.5. The maximum atomic E-state index is 13.2. The predicted octanol–water partition coefficient (Wildman–Crippen LogP) is 5.57. The Morgan fingerprint density at radius 3 is 2.56 bits per heavy atom. The van der Waals surface area contributed by atoms with Gasteiger partial charge < -0.3 is 4.90 Å². The highest BCUT2D eigenvalue weighted by molar-refractivity contribution is 14.1. The molecule has 0 aliphatic rings. The highest BCUT2D eigenvalue weighted by Crippen LogP contribution is 2.33. The molecule has 3 aromatic rings. The van der Waals surface area contributed by atoms with E-state index in [1.54, 1.807) is 4.90 Å². The fraction of sp³-hybridized carbons (Fsp3) is 0.263. The third-order valence-corrected chi connectivity index (χ3v) is 6.22. The molecule has 0 aliphatic heterocycles. The number of anilines is 1. The van der Waals surface area contributed by atoms with Gasteiger partial charge in [-0.25, -0.2) is 4.98 Å². The number of benzene rings is 2. The van der Waals surface area contributed by atoms with Crippen molar-refractivity contribution >= 4 is 79.2 Å². The van der Waals surface area contributed by atoms with E-state index >= 15 is 0 Å². The number of nitrogens with zero attached hydrogens (tertiary/aromatic N) is 3. The van der Waals surface area contributed by atoms with Gasteiger partial charge in [0.1, 0.15) is 5.52 Å². The molecule has 1 amide bonds. The van der Waals surface area contributed by atoms with Gasteiger partial charge in [0, 0.05) is 10.1 Å². The minimum Gasteiger partial charge on any atom is -0.309 e. The number of fused-ring (bicyclic) bond motifs is 1. The van der Waals surface area contributed by atoms with Crippen LogP contribution in [-0.4, -0.2) is 43.0 Å². The monoisotopic (exact) mass is 535 g/mol. The second-order valence-corrected chi connectivity index (χ2v) is 8.75. The average molecular weight is 536 g/mol. The molecular formula is C19H20Cl2IN3OS. The van der Waals surface area contributed by atoms with E-state index in [2.05, 4.69) is 32.5 Å². The summed E-state index contributed by atoms with van der Waals surface area (Å²) in [6.45, 7) is 1.51. The van der Waals surface area contributed by atoms with Crippen molar-refractivity contribution in [1.29, 1.82) is 0 Å². The number of rotatable bonds is 6. The van der Waals surface area contributed by atoms with E-state index in [0.29, 0.717) is 22.3 Å². The Hall–Kier alpha value is -0.930. The van der Waals surface area contributed by atoms with Crippen LogP contribution in [0, 0.1) is 3.57 Å². The van der Waals surface area contributed by atoms with E-state index in [0.717, 1.165) is 26.8 Å². The molecule has 27 heavy (non-hydrogen) atoms. The van der Waals surface area contributed by atoms with Gasteiger partial charge in [0.25, 0.3) is 5.91 Å². The number of halogens is 3. The van der Waals surface area contributed by atoms with Gasteiger partial charge in [-0.3, -0.25) is 9.69 Å². The molecule has 0 bridgehead atoms. The maximum Gasteiger partial charge on any atom is 0.261 e. The molecule has 0 aliphatic carbocycles. The van der Waals surface area contributed by atoms with Crippen LogP contribution in [0.25, 0.3) is 10.2 Å². The average Bonchev–Trinajstić information content (AvgIpc) is 3.03. The zero-order valence-electron chi connectivity index (χ0n) is 15.0. The minimum absolute atomic E-state index is 0. The molecular weight excluding hydrogens is 516 g/mol. The molecule has 0 fully saturated rings. The van der Waals surface area contributed by atoms with Gasteiger partial charge in [-0.1, -0.05) is 41.1 Å². The third-order valence-electron chi connectivity index (χ3n) is 3.93. The molecule has 0 saturated carbocycles. The normalized spacial score (nSPS) is 10.9. The molecule has 0 saturated heterocycles. The van der Waals surface area contributed by atoms with E-state index in [9.17, 15) is 4.79 Å². The standard InChI is InChI=1S/C19H19ClIN3OS.ClH/c1-23(2)11-6-12-24(18(25)13-7-3-4-9-15(13)21)19-22-17-14(20)8-5-10-16(17)26-19;/h3-5,7-10H,6,11-12H2,1-2H3;1H. The summed E-state index contributed by atoms with van der Waals surface area (Å²) in [5.74, 6) is -0.0241. The molecule has 8 heteroatoms. The lowest BCUT2D eigenvalue weighted by Gasteiger charge is -2.21. The first kappa shape index (κ1) is 22.4. The summed E-state index contributed by atoms with van der Waals surface area (Å²) in [5, 5.41) is 1.30. The van der Waals surface area contributed by atoms with Crippen molar-refractivity contribution in [3.8, 4) is 0 Å². The Morgan fingerprint density at radius 2 is 1.89 bits per heavy atom. The fourth-order valence-electron chi connectivity index (χ4n) is 2.63. The Bertz CT molecular complexity index is 932. The van der Waals surface area contributed by atoms with Crippen LogP contribution < -0.4 is 4.90 Å². The Balaban J connectivity index is 0.00000261. The van der Waals surface area contributed by atoms with Crippen molar-refractivity contribution in [3.63, 3.8) is 0 Å². The lowest BCUT2D eigenvalue weighted by Crippen LogP contribution is -2.33. The summed E-state index contributed by atoms with van der Waals surface area (Å²) in [7, 11) is 4.06. The molecule has 0 N–H and O–H groups in total. The Morgan fingerprint density at radius 1 is 1.15 bits per heavy atom. The summed E-state index contributed by atoms with van der Waals surface area (Å²) in [6, 6.07) is 13.4. The van der Waals surface area contributed by atoms with Crippen LogP contribution in [0.15, 0.2) is 42.5 Å². The quantitative estimate of drug-likeness (QED) is 0.387. The van der Waals surface area contributed by atoms with Gasteiger partial charge in [-0.15, -0.1) is 12.4 Å². The second kappa shape index (κ2) is 10.0. The molecule has 0 unspecified atom stereocenters. The smallest absolute Gasteiger partial charge is 0.261 e. The van der Waals surface area contributed by atoms with Crippen molar-refractivity contribution in [2.24, 2.45) is 0 Å². The molecule has 1 heterocycles. The second-order valence-electron chi connectivity index (χ2n) is 6.18. The number of carbonyl (C=O) groups excluding carboxylic acids is 1. The highest BCUT2D eigenvalue weighted by Gasteiger charge is 2.23. The third kappa shape index (κ3) is 5.32. The molecule has 2 aromatic carbocycles. The summed E-state index contributed by atoms with van der Waals surface area (Å²) in [5.41, 5.74) is 1.45. The van der Waals surface area contributed by atoms with Crippen molar-refractivity contribution < 1.29 is 4.79 Å². The van der Waals surface area contributed by atoms with Gasteiger partial charge in [0.2, 0.25) is 0 Å². The van der Waals surface area contributed by atoms with Gasteiger partial charge >= 0.3 is 0 Å². The van der Waals surface area contributed by atoms with Crippen LogP contribution in [-0.2, 0) is 0 Å². The van der Waals surface area contributed by atoms with Crippen LogP contribution in [0.1, 0.15) is 16.8 Å². The number of aromatic nitrogens is 1. The topological polar surface area (TPSA) is 36.4 Å². The SMILES string of the molecule is CN(C)CCCN(C(=O)c1ccccc1I)c1nc2c(Cl)cccc2s1.Cl. The van der Waals surface area contributed by atoms with E-state index in [1.807, 2.05) is 56.6 Å². The van der Waals surface area contributed by atoms with Crippen LogP contribution in [0.2, 0.25) is 5.02 Å². The predicted molar refractivity (Wildman–Crippen MR) is 126 cm³/mol. The van der Waals surface area contributed by atoms with Crippen LogP contribution >= 0.6 is 57.9 Å². The van der Waals surface area contributed by atoms with E-state index in [1.165, 1.54) is 11.3 Å². The molecule has 3 rings (SSSR count). The number of carbonyl (C=O) groups is 1. The largest absolute Gasteiger partial charge is 0.309 e. The summed E-state index contributed by atoms with van der Waals surface area (Å²) in [6.07, 6.45) is 0.867. The molecule has 0 spiro atoms. The van der Waals surface area contributed by atoms with E-state index in [-0.39, 0.29) is 18.3 Å². The summed E-state index contributed by atoms with van der Waals surface area (Å²) in [4.78, 5) is 21.8. The zero-order chi connectivity index (χ0) is 18.7.